The SMILES string of the molecule is Cc1ccnc(C#CCCO)c1N. The zero-order valence-electron chi connectivity index (χ0n) is 7.54. The van der Waals surface area contributed by atoms with Crippen LogP contribution in [-0.2, 0) is 0 Å². The predicted molar refractivity (Wildman–Crippen MR) is 52.0 cm³/mol. The van der Waals surface area contributed by atoms with Crippen molar-refractivity contribution in [3.05, 3.63) is 23.5 Å². The second-order valence-corrected chi connectivity index (χ2v) is 2.67. The summed E-state index contributed by atoms with van der Waals surface area (Å²) >= 11 is 0. The predicted octanol–water partition coefficient (Wildman–Crippen LogP) is 0.706. The molecule has 1 rings (SSSR count). The summed E-state index contributed by atoms with van der Waals surface area (Å²) in [6, 6.07) is 1.84. The number of nitrogens with zero attached hydrogens (tertiary/aromatic N) is 1. The van der Waals surface area contributed by atoms with Gasteiger partial charge < -0.3 is 10.8 Å². The quantitative estimate of drug-likeness (QED) is 0.619. The van der Waals surface area contributed by atoms with Gasteiger partial charge in [-0.3, -0.25) is 0 Å². The number of aliphatic hydroxyl groups is 1. The molecule has 0 atom stereocenters. The molecule has 0 fully saturated rings. The van der Waals surface area contributed by atoms with Gasteiger partial charge in [-0.2, -0.15) is 0 Å². The Labute approximate surface area is 77.6 Å². The first-order chi connectivity index (χ1) is 6.25. The van der Waals surface area contributed by atoms with E-state index in [2.05, 4.69) is 16.8 Å². The summed E-state index contributed by atoms with van der Waals surface area (Å²) in [7, 11) is 0. The molecule has 1 heterocycles. The molecule has 3 nitrogen and oxygen atoms in total. The highest BCUT2D eigenvalue weighted by Crippen LogP contribution is 2.11. The van der Waals surface area contributed by atoms with Crippen LogP contribution in [0.1, 0.15) is 17.7 Å². The van der Waals surface area contributed by atoms with Gasteiger partial charge in [-0.15, -0.1) is 0 Å². The Morgan fingerprint density at radius 1 is 1.62 bits per heavy atom. The summed E-state index contributed by atoms with van der Waals surface area (Å²) in [6.45, 7) is 1.98. The minimum absolute atomic E-state index is 0.0682. The largest absolute Gasteiger partial charge is 0.396 e. The topological polar surface area (TPSA) is 59.1 Å². The summed E-state index contributed by atoms with van der Waals surface area (Å²) in [5, 5.41) is 8.51. The average Bonchev–Trinajstić information content (AvgIpc) is 2.13. The Hall–Kier alpha value is -1.53. The molecule has 0 radical (unpaired) electrons. The third-order valence-electron chi connectivity index (χ3n) is 1.65. The smallest absolute Gasteiger partial charge is 0.136 e. The summed E-state index contributed by atoms with van der Waals surface area (Å²) < 4.78 is 0. The van der Waals surface area contributed by atoms with Crippen LogP contribution in [0.25, 0.3) is 0 Å². The normalized spacial score (nSPS) is 9.08. The standard InChI is InChI=1S/C10H12N2O/c1-8-5-6-12-9(10(8)11)4-2-3-7-13/h5-6,13H,3,7,11H2,1H3. The maximum atomic E-state index is 8.51. The molecule has 1 aromatic heterocycles. The number of aliphatic hydroxyl groups excluding tert-OH is 1. The summed E-state index contributed by atoms with van der Waals surface area (Å²) in [6.07, 6.45) is 2.13. The van der Waals surface area contributed by atoms with Crippen LogP contribution in [0.15, 0.2) is 12.3 Å². The highest BCUT2D eigenvalue weighted by Gasteiger charge is 1.98. The van der Waals surface area contributed by atoms with Gasteiger partial charge in [0, 0.05) is 12.6 Å². The van der Waals surface area contributed by atoms with Crippen LogP contribution in [0.4, 0.5) is 5.69 Å². The van der Waals surface area contributed by atoms with Gasteiger partial charge >= 0.3 is 0 Å². The lowest BCUT2D eigenvalue weighted by Crippen LogP contribution is -1.96. The Morgan fingerprint density at radius 3 is 3.08 bits per heavy atom. The summed E-state index contributed by atoms with van der Waals surface area (Å²) in [5.41, 5.74) is 7.92. The van der Waals surface area contributed by atoms with Crippen LogP contribution >= 0.6 is 0 Å². The van der Waals surface area contributed by atoms with Crippen LogP contribution < -0.4 is 5.73 Å². The highest BCUT2D eigenvalue weighted by molar-refractivity contribution is 5.56. The molecule has 3 heteroatoms. The number of rotatable bonds is 1. The van der Waals surface area contributed by atoms with E-state index in [4.69, 9.17) is 10.8 Å². The van der Waals surface area contributed by atoms with Crippen LogP contribution in [0, 0.1) is 18.8 Å². The van der Waals surface area contributed by atoms with Gasteiger partial charge in [-0.05, 0) is 24.5 Å². The first kappa shape index (κ1) is 9.56. The number of aryl methyl sites for hydroxylation is 1. The van der Waals surface area contributed by atoms with Gasteiger partial charge in [0.25, 0.3) is 0 Å². The van der Waals surface area contributed by atoms with Crippen molar-refractivity contribution >= 4 is 5.69 Å². The van der Waals surface area contributed by atoms with Gasteiger partial charge in [0.1, 0.15) is 5.69 Å². The molecule has 0 aliphatic carbocycles. The van der Waals surface area contributed by atoms with Crippen molar-refractivity contribution in [2.24, 2.45) is 0 Å². The van der Waals surface area contributed by atoms with Crippen molar-refractivity contribution < 1.29 is 5.11 Å². The van der Waals surface area contributed by atoms with Crippen molar-refractivity contribution in [1.29, 1.82) is 0 Å². The number of anilines is 1. The molecule has 3 N–H and O–H groups in total. The average molecular weight is 176 g/mol. The van der Waals surface area contributed by atoms with E-state index >= 15 is 0 Å². The van der Waals surface area contributed by atoms with Gasteiger partial charge in [-0.1, -0.05) is 5.92 Å². The second-order valence-electron chi connectivity index (χ2n) is 2.67. The van der Waals surface area contributed by atoms with E-state index in [1.165, 1.54) is 0 Å². The molecule has 0 aromatic carbocycles. The Bertz CT molecular complexity index is 350. The van der Waals surface area contributed by atoms with Gasteiger partial charge in [0.2, 0.25) is 0 Å². The maximum Gasteiger partial charge on any atom is 0.136 e. The number of hydrogen-bond acceptors (Lipinski definition) is 3. The minimum atomic E-state index is 0.0682. The number of pyridine rings is 1. The number of nitrogens with two attached hydrogens (primary N) is 1. The summed E-state index contributed by atoms with van der Waals surface area (Å²) in [5.74, 6) is 5.59. The number of nitrogen functional groups attached to an aromatic ring is 1. The molecule has 0 aliphatic heterocycles. The minimum Gasteiger partial charge on any atom is -0.396 e. The molecule has 0 saturated heterocycles. The molecule has 0 spiro atoms. The molecule has 0 amide bonds. The van der Waals surface area contributed by atoms with Gasteiger partial charge in [0.15, 0.2) is 0 Å². The van der Waals surface area contributed by atoms with Crippen molar-refractivity contribution in [2.45, 2.75) is 13.3 Å². The van der Waals surface area contributed by atoms with Crippen molar-refractivity contribution in [1.82, 2.24) is 4.98 Å². The van der Waals surface area contributed by atoms with Crippen LogP contribution in [-0.4, -0.2) is 16.7 Å². The Kier molecular flexibility index (Phi) is 3.30. The lowest BCUT2D eigenvalue weighted by molar-refractivity contribution is 0.305. The molecule has 1 aromatic rings. The maximum absolute atomic E-state index is 8.51. The van der Waals surface area contributed by atoms with Gasteiger partial charge in [0.05, 0.1) is 12.3 Å². The van der Waals surface area contributed by atoms with E-state index in [-0.39, 0.29) is 6.61 Å². The van der Waals surface area contributed by atoms with Crippen LogP contribution in [0.3, 0.4) is 0 Å². The molecular formula is C10H12N2O. The van der Waals surface area contributed by atoms with E-state index < -0.39 is 0 Å². The molecule has 0 saturated carbocycles. The first-order valence-corrected chi connectivity index (χ1v) is 4.06. The molecular weight excluding hydrogens is 164 g/mol. The van der Waals surface area contributed by atoms with Crippen molar-refractivity contribution in [3.63, 3.8) is 0 Å². The van der Waals surface area contributed by atoms with E-state index in [1.54, 1.807) is 6.20 Å². The molecule has 13 heavy (non-hydrogen) atoms. The first-order valence-electron chi connectivity index (χ1n) is 4.06. The lowest BCUT2D eigenvalue weighted by atomic mass is 10.2. The fraction of sp³-hybridized carbons (Fsp3) is 0.300. The highest BCUT2D eigenvalue weighted by atomic mass is 16.2. The summed E-state index contributed by atoms with van der Waals surface area (Å²) in [4.78, 5) is 4.03. The van der Waals surface area contributed by atoms with Crippen molar-refractivity contribution in [3.8, 4) is 11.8 Å². The zero-order valence-corrected chi connectivity index (χ0v) is 7.54. The van der Waals surface area contributed by atoms with E-state index in [0.717, 1.165) is 5.56 Å². The van der Waals surface area contributed by atoms with E-state index in [9.17, 15) is 0 Å². The number of hydrogen-bond donors (Lipinski definition) is 2. The zero-order chi connectivity index (χ0) is 9.68. The molecule has 0 aliphatic rings. The molecule has 68 valence electrons. The molecule has 0 bridgehead atoms. The Balaban J connectivity index is 2.91. The third kappa shape index (κ3) is 2.46. The molecule has 0 unspecified atom stereocenters. The van der Waals surface area contributed by atoms with Crippen LogP contribution in [0.2, 0.25) is 0 Å². The monoisotopic (exact) mass is 176 g/mol. The lowest BCUT2D eigenvalue weighted by Gasteiger charge is -1.99. The fourth-order valence-corrected chi connectivity index (χ4v) is 0.871. The van der Waals surface area contributed by atoms with Crippen molar-refractivity contribution in [2.75, 3.05) is 12.3 Å². The van der Waals surface area contributed by atoms with Crippen LogP contribution in [0.5, 0.6) is 0 Å². The van der Waals surface area contributed by atoms with Gasteiger partial charge in [-0.25, -0.2) is 4.98 Å². The fourth-order valence-electron chi connectivity index (χ4n) is 0.871. The van der Waals surface area contributed by atoms with E-state index in [1.807, 2.05) is 13.0 Å². The number of aromatic nitrogens is 1. The third-order valence-corrected chi connectivity index (χ3v) is 1.65. The second kappa shape index (κ2) is 4.48. The Morgan fingerprint density at radius 2 is 2.38 bits per heavy atom. The van der Waals surface area contributed by atoms with E-state index in [0.29, 0.717) is 17.8 Å².